The van der Waals surface area contributed by atoms with Crippen molar-refractivity contribution in [2.75, 3.05) is 6.61 Å². The van der Waals surface area contributed by atoms with Crippen LogP contribution in [-0.4, -0.2) is 26.9 Å². The Morgan fingerprint density at radius 2 is 1.83 bits per heavy atom. The number of carbonyl (C=O) groups is 1. The van der Waals surface area contributed by atoms with Crippen LogP contribution in [0, 0.1) is 0 Å². The number of benzene rings is 2. The molecule has 0 fully saturated rings. The van der Waals surface area contributed by atoms with Crippen LogP contribution in [-0.2, 0) is 24.5 Å². The van der Waals surface area contributed by atoms with Crippen LogP contribution < -0.4 is 0 Å². The number of aryl methyl sites for hydroxylation is 1. The Morgan fingerprint density at radius 3 is 2.48 bits per heavy atom. The molecule has 4 aromatic rings. The zero-order valence-corrected chi connectivity index (χ0v) is 15.8. The molecule has 0 bridgehead atoms. The molecule has 0 aliphatic rings. The van der Waals surface area contributed by atoms with E-state index in [1.54, 1.807) is 30.8 Å². The first-order chi connectivity index (χ1) is 13.8. The van der Waals surface area contributed by atoms with E-state index in [2.05, 4.69) is 5.10 Å². The minimum Gasteiger partial charge on any atom is -0.462 e. The van der Waals surface area contributed by atoms with E-state index in [0.29, 0.717) is 17.8 Å². The van der Waals surface area contributed by atoms with Crippen molar-refractivity contribution in [2.45, 2.75) is 19.6 Å². The molecule has 2 heterocycles. The van der Waals surface area contributed by atoms with Crippen LogP contribution in [0.1, 0.15) is 28.4 Å². The molecule has 2 aromatic carbocycles. The van der Waals surface area contributed by atoms with Gasteiger partial charge in [0.1, 0.15) is 0 Å². The monoisotopic (exact) mass is 401 g/mol. The maximum atomic E-state index is 12.8. The quantitative estimate of drug-likeness (QED) is 0.463. The number of esters is 1. The maximum Gasteiger partial charge on any atom is 0.416 e. The standard InChI is InChI=1S/C21H18F3N3O2/c1-3-29-20(28)14-6-9-18-16(10-14)17-12-26(2)25-19(17)27(18)11-13-4-7-15(8-5-13)21(22,23)24/h4-10,12H,3,11H2,1-2H3. The van der Waals surface area contributed by atoms with Crippen molar-refractivity contribution in [3.63, 3.8) is 0 Å². The van der Waals surface area contributed by atoms with Crippen LogP contribution in [0.15, 0.2) is 48.7 Å². The summed E-state index contributed by atoms with van der Waals surface area (Å²) in [6.07, 6.45) is -2.51. The molecule has 0 saturated carbocycles. The number of carbonyl (C=O) groups excluding carboxylic acids is 1. The molecule has 5 nitrogen and oxygen atoms in total. The highest BCUT2D eigenvalue weighted by atomic mass is 19.4. The topological polar surface area (TPSA) is 49.1 Å². The Labute approximate surface area is 164 Å². The van der Waals surface area contributed by atoms with E-state index in [1.165, 1.54) is 12.1 Å². The summed E-state index contributed by atoms with van der Waals surface area (Å²) in [6, 6.07) is 10.4. The molecule has 0 aliphatic heterocycles. The van der Waals surface area contributed by atoms with Gasteiger partial charge in [0.05, 0.1) is 23.3 Å². The molecule has 150 valence electrons. The summed E-state index contributed by atoms with van der Waals surface area (Å²) in [7, 11) is 1.80. The van der Waals surface area contributed by atoms with Crippen molar-refractivity contribution >= 4 is 27.9 Å². The van der Waals surface area contributed by atoms with Gasteiger partial charge >= 0.3 is 12.1 Å². The fourth-order valence-electron chi connectivity index (χ4n) is 3.45. The molecule has 0 saturated heterocycles. The van der Waals surface area contributed by atoms with Gasteiger partial charge in [0.25, 0.3) is 0 Å². The molecule has 0 spiro atoms. The Bertz CT molecular complexity index is 1200. The number of ether oxygens (including phenoxy) is 1. The number of aromatic nitrogens is 3. The number of nitrogens with zero attached hydrogens (tertiary/aromatic N) is 3. The van der Waals surface area contributed by atoms with E-state index in [4.69, 9.17) is 4.74 Å². The summed E-state index contributed by atoms with van der Waals surface area (Å²) in [5.41, 5.74) is 2.02. The van der Waals surface area contributed by atoms with Gasteiger partial charge in [-0.25, -0.2) is 4.79 Å². The van der Waals surface area contributed by atoms with Gasteiger partial charge in [0.15, 0.2) is 5.65 Å². The molecule has 29 heavy (non-hydrogen) atoms. The second-order valence-corrected chi connectivity index (χ2v) is 6.77. The molecule has 0 radical (unpaired) electrons. The molecule has 0 amide bonds. The average Bonchev–Trinajstić information content (AvgIpc) is 3.18. The molecular formula is C21H18F3N3O2. The summed E-state index contributed by atoms with van der Waals surface area (Å²) in [4.78, 5) is 12.1. The zero-order valence-electron chi connectivity index (χ0n) is 15.8. The molecule has 0 atom stereocenters. The van der Waals surface area contributed by atoms with E-state index in [9.17, 15) is 18.0 Å². The normalized spacial score (nSPS) is 12.0. The number of hydrogen-bond acceptors (Lipinski definition) is 3. The molecule has 0 aliphatic carbocycles. The van der Waals surface area contributed by atoms with Gasteiger partial charge in [-0.15, -0.1) is 0 Å². The Balaban J connectivity index is 1.79. The first-order valence-electron chi connectivity index (χ1n) is 9.07. The smallest absolute Gasteiger partial charge is 0.416 e. The van der Waals surface area contributed by atoms with E-state index in [1.807, 2.05) is 16.8 Å². The number of halogens is 3. The van der Waals surface area contributed by atoms with E-state index >= 15 is 0 Å². The summed E-state index contributed by atoms with van der Waals surface area (Å²) >= 11 is 0. The number of fused-ring (bicyclic) bond motifs is 3. The third-order valence-electron chi connectivity index (χ3n) is 4.78. The predicted molar refractivity (Wildman–Crippen MR) is 103 cm³/mol. The van der Waals surface area contributed by atoms with Crippen molar-refractivity contribution in [2.24, 2.45) is 7.05 Å². The van der Waals surface area contributed by atoms with Gasteiger partial charge in [-0.1, -0.05) is 12.1 Å². The predicted octanol–water partition coefficient (Wildman–Crippen LogP) is 4.77. The highest BCUT2D eigenvalue weighted by molar-refractivity contribution is 6.09. The maximum absolute atomic E-state index is 12.8. The van der Waals surface area contributed by atoms with Crippen molar-refractivity contribution in [1.29, 1.82) is 0 Å². The molecule has 8 heteroatoms. The van der Waals surface area contributed by atoms with Gasteiger partial charge < -0.3 is 9.30 Å². The third-order valence-corrected chi connectivity index (χ3v) is 4.78. The second-order valence-electron chi connectivity index (χ2n) is 6.77. The Kier molecular flexibility index (Phi) is 4.56. The van der Waals surface area contributed by atoms with Crippen LogP contribution >= 0.6 is 0 Å². The summed E-state index contributed by atoms with van der Waals surface area (Å²) in [6.45, 7) is 2.39. The largest absolute Gasteiger partial charge is 0.462 e. The van der Waals surface area contributed by atoms with Gasteiger partial charge in [0.2, 0.25) is 0 Å². The lowest BCUT2D eigenvalue weighted by Gasteiger charge is -2.10. The Hall–Kier alpha value is -3.29. The molecular weight excluding hydrogens is 383 g/mol. The lowest BCUT2D eigenvalue weighted by molar-refractivity contribution is -0.137. The highest BCUT2D eigenvalue weighted by Gasteiger charge is 2.30. The third kappa shape index (κ3) is 3.46. The minimum absolute atomic E-state index is 0.286. The van der Waals surface area contributed by atoms with Crippen LogP contribution in [0.25, 0.3) is 21.9 Å². The van der Waals surface area contributed by atoms with E-state index in [0.717, 1.165) is 34.0 Å². The Morgan fingerprint density at radius 1 is 1.10 bits per heavy atom. The van der Waals surface area contributed by atoms with Gasteiger partial charge in [-0.2, -0.15) is 18.3 Å². The molecule has 2 aromatic heterocycles. The fraction of sp³-hybridized carbons (Fsp3) is 0.238. The fourth-order valence-corrected chi connectivity index (χ4v) is 3.45. The first kappa shape index (κ1) is 19.0. The van der Waals surface area contributed by atoms with Crippen molar-refractivity contribution in [3.8, 4) is 0 Å². The van der Waals surface area contributed by atoms with Crippen LogP contribution in [0.4, 0.5) is 13.2 Å². The van der Waals surface area contributed by atoms with Gasteiger partial charge in [-0.3, -0.25) is 4.68 Å². The first-order valence-corrected chi connectivity index (χ1v) is 9.07. The highest BCUT2D eigenvalue weighted by Crippen LogP contribution is 2.32. The molecule has 0 N–H and O–H groups in total. The number of hydrogen-bond donors (Lipinski definition) is 0. The lowest BCUT2D eigenvalue weighted by atomic mass is 10.1. The van der Waals surface area contributed by atoms with E-state index in [-0.39, 0.29) is 6.61 Å². The summed E-state index contributed by atoms with van der Waals surface area (Å²) in [5.74, 6) is -0.401. The zero-order chi connectivity index (χ0) is 20.8. The minimum atomic E-state index is -4.36. The summed E-state index contributed by atoms with van der Waals surface area (Å²) < 4.78 is 47.1. The average molecular weight is 401 g/mol. The van der Waals surface area contributed by atoms with Gasteiger partial charge in [-0.05, 0) is 42.8 Å². The number of rotatable bonds is 4. The lowest BCUT2D eigenvalue weighted by Crippen LogP contribution is -2.06. The van der Waals surface area contributed by atoms with Crippen LogP contribution in [0.2, 0.25) is 0 Å². The van der Waals surface area contributed by atoms with Crippen molar-refractivity contribution in [1.82, 2.24) is 14.3 Å². The van der Waals surface area contributed by atoms with Gasteiger partial charge in [0, 0.05) is 30.6 Å². The second kappa shape index (κ2) is 6.95. The van der Waals surface area contributed by atoms with Crippen LogP contribution in [0.3, 0.4) is 0 Å². The van der Waals surface area contributed by atoms with Crippen molar-refractivity contribution < 1.29 is 22.7 Å². The van der Waals surface area contributed by atoms with E-state index < -0.39 is 17.7 Å². The van der Waals surface area contributed by atoms with Crippen LogP contribution in [0.5, 0.6) is 0 Å². The van der Waals surface area contributed by atoms with Crippen molar-refractivity contribution in [3.05, 3.63) is 65.4 Å². The molecule has 4 rings (SSSR count). The molecule has 0 unspecified atom stereocenters. The number of alkyl halides is 3. The SMILES string of the molecule is CCOC(=O)c1ccc2c(c1)c1cn(C)nc1n2Cc1ccc(C(F)(F)F)cc1. The summed E-state index contributed by atoms with van der Waals surface area (Å²) in [5, 5.41) is 6.20.